The van der Waals surface area contributed by atoms with Gasteiger partial charge in [0.2, 0.25) is 10.0 Å². The number of nitrogens with zero attached hydrogens (tertiary/aromatic N) is 4. The first kappa shape index (κ1) is 32.5. The minimum Gasteiger partial charge on any atom is -0.321 e. The van der Waals surface area contributed by atoms with Crippen molar-refractivity contribution in [3.05, 3.63) is 92.5 Å². The van der Waals surface area contributed by atoms with Crippen molar-refractivity contribution in [2.75, 3.05) is 17.2 Å². The molecule has 3 aromatic carbocycles. The standard InChI is InChI=1S/C29H29ClF2N6O5S2/c1-29(2,44(4,40)41)16-6-7-19-22(13-16)34-27(21(33)12-15-10-17(31)14-18(32)11-15)38(28(19)39)23-9-8-20(30)24-25(23)37(3)35-26(24)36-45(5,42)43/h6-11,13-14,21H,12,33H2,1-5H3,(H,35,36)/t21-/m0/s1. The number of rotatable bonds is 8. The van der Waals surface area contributed by atoms with Crippen LogP contribution in [0.15, 0.2) is 53.3 Å². The molecule has 0 unspecified atom stereocenters. The highest BCUT2D eigenvalue weighted by Gasteiger charge is 2.33. The molecular formula is C29H29ClF2N6O5S2. The topological polar surface area (TPSA) is 159 Å². The molecule has 11 nitrogen and oxygen atoms in total. The highest BCUT2D eigenvalue weighted by atomic mass is 35.5. The fourth-order valence-corrected chi connectivity index (χ4v) is 6.42. The molecule has 1 atom stereocenters. The first-order valence-corrected chi connectivity index (χ1v) is 17.6. The van der Waals surface area contributed by atoms with Crippen LogP contribution in [0, 0.1) is 11.6 Å². The van der Waals surface area contributed by atoms with Crippen molar-refractivity contribution in [1.82, 2.24) is 19.3 Å². The third kappa shape index (κ3) is 6.04. The van der Waals surface area contributed by atoms with E-state index in [-0.39, 0.29) is 56.1 Å². The number of hydrogen-bond donors (Lipinski definition) is 2. The van der Waals surface area contributed by atoms with Gasteiger partial charge in [-0.25, -0.2) is 30.6 Å². The second-order valence-electron chi connectivity index (χ2n) is 11.3. The predicted octanol–water partition coefficient (Wildman–Crippen LogP) is 4.10. The Balaban J connectivity index is 1.84. The molecule has 0 spiro atoms. The third-order valence-corrected chi connectivity index (χ3v) is 10.6. The molecule has 0 aliphatic heterocycles. The molecule has 2 aromatic heterocycles. The van der Waals surface area contributed by atoms with Gasteiger partial charge in [0.25, 0.3) is 5.56 Å². The number of sulfonamides is 1. The van der Waals surface area contributed by atoms with Crippen LogP contribution in [-0.4, -0.2) is 48.7 Å². The fourth-order valence-electron chi connectivity index (χ4n) is 5.13. The van der Waals surface area contributed by atoms with Gasteiger partial charge >= 0.3 is 0 Å². The average molecular weight is 679 g/mol. The lowest BCUT2D eigenvalue weighted by molar-refractivity contribution is 0.561. The number of aromatic nitrogens is 4. The number of nitrogens with one attached hydrogen (secondary N) is 1. The number of fused-ring (bicyclic) bond motifs is 2. The van der Waals surface area contributed by atoms with Crippen LogP contribution >= 0.6 is 11.6 Å². The summed E-state index contributed by atoms with van der Waals surface area (Å²) in [6.45, 7) is 3.07. The average Bonchev–Trinajstić information content (AvgIpc) is 3.22. The van der Waals surface area contributed by atoms with Gasteiger partial charge in [-0.05, 0) is 67.8 Å². The highest BCUT2D eigenvalue weighted by molar-refractivity contribution is 7.92. The first-order valence-electron chi connectivity index (χ1n) is 13.4. The minimum atomic E-state index is -3.77. The number of aryl methyl sites for hydroxylation is 1. The van der Waals surface area contributed by atoms with Crippen molar-refractivity contribution < 1.29 is 25.6 Å². The van der Waals surface area contributed by atoms with Gasteiger partial charge in [0.15, 0.2) is 15.7 Å². The Hall–Kier alpha value is -3.92. The summed E-state index contributed by atoms with van der Waals surface area (Å²) in [6.07, 6.45) is 1.92. The van der Waals surface area contributed by atoms with Gasteiger partial charge < -0.3 is 5.73 Å². The van der Waals surface area contributed by atoms with Crippen LogP contribution in [0.2, 0.25) is 5.02 Å². The predicted molar refractivity (Wildman–Crippen MR) is 170 cm³/mol. The smallest absolute Gasteiger partial charge is 0.266 e. The molecule has 0 aliphatic carbocycles. The normalized spacial score (nSPS) is 13.4. The molecular weight excluding hydrogens is 650 g/mol. The number of hydrogen-bond acceptors (Lipinski definition) is 8. The van der Waals surface area contributed by atoms with Crippen molar-refractivity contribution in [2.45, 2.75) is 31.1 Å². The van der Waals surface area contributed by atoms with Gasteiger partial charge in [-0.15, -0.1) is 0 Å². The van der Waals surface area contributed by atoms with Crippen molar-refractivity contribution in [2.24, 2.45) is 12.8 Å². The molecule has 0 saturated carbocycles. The molecule has 238 valence electrons. The van der Waals surface area contributed by atoms with E-state index in [0.29, 0.717) is 5.56 Å². The largest absolute Gasteiger partial charge is 0.321 e. The maximum Gasteiger partial charge on any atom is 0.266 e. The van der Waals surface area contributed by atoms with Crippen molar-refractivity contribution in [3.8, 4) is 5.69 Å². The third-order valence-electron chi connectivity index (χ3n) is 7.67. The second kappa shape index (κ2) is 11.2. The van der Waals surface area contributed by atoms with Crippen LogP contribution in [0.1, 0.15) is 36.8 Å². The monoisotopic (exact) mass is 678 g/mol. The Kier molecular flexibility index (Phi) is 8.05. The molecule has 2 heterocycles. The van der Waals surface area contributed by atoms with Gasteiger partial charge in [0.05, 0.1) is 49.6 Å². The number of halogens is 3. The Morgan fingerprint density at radius 1 is 1.02 bits per heavy atom. The van der Waals surface area contributed by atoms with Crippen LogP contribution in [0.25, 0.3) is 27.5 Å². The summed E-state index contributed by atoms with van der Waals surface area (Å²) < 4.78 is 81.0. The van der Waals surface area contributed by atoms with E-state index in [9.17, 15) is 30.4 Å². The minimum absolute atomic E-state index is 0.0195. The van der Waals surface area contributed by atoms with Gasteiger partial charge in [-0.2, -0.15) is 5.10 Å². The summed E-state index contributed by atoms with van der Waals surface area (Å²) >= 11 is 6.50. The molecule has 45 heavy (non-hydrogen) atoms. The molecule has 0 aliphatic rings. The molecule has 0 fully saturated rings. The molecule has 5 rings (SSSR count). The van der Waals surface area contributed by atoms with Crippen molar-refractivity contribution in [1.29, 1.82) is 0 Å². The maximum atomic E-state index is 14.3. The lowest BCUT2D eigenvalue weighted by Crippen LogP contribution is -2.31. The number of benzene rings is 3. The van der Waals surface area contributed by atoms with Gasteiger partial charge in [0, 0.05) is 19.4 Å². The van der Waals surface area contributed by atoms with E-state index in [4.69, 9.17) is 22.3 Å². The summed E-state index contributed by atoms with van der Waals surface area (Å²) in [5, 5.41) is 4.74. The molecule has 16 heteroatoms. The first-order chi connectivity index (χ1) is 20.8. The van der Waals surface area contributed by atoms with Crippen molar-refractivity contribution >= 4 is 59.1 Å². The lowest BCUT2D eigenvalue weighted by Gasteiger charge is -2.24. The number of nitrogens with two attached hydrogens (primary N) is 1. The zero-order valence-corrected chi connectivity index (χ0v) is 27.2. The summed E-state index contributed by atoms with van der Waals surface area (Å²) in [5.74, 6) is -1.71. The Morgan fingerprint density at radius 2 is 1.67 bits per heavy atom. The summed E-state index contributed by atoms with van der Waals surface area (Å²) in [5.41, 5.74) is 7.21. The fraction of sp³-hybridized carbons (Fsp3) is 0.276. The van der Waals surface area contributed by atoms with E-state index in [1.165, 1.54) is 60.5 Å². The van der Waals surface area contributed by atoms with Crippen LogP contribution in [-0.2, 0) is 38.1 Å². The quantitative estimate of drug-likeness (QED) is 0.248. The SMILES string of the molecule is Cn1nc(NS(C)(=O)=O)c2c(Cl)ccc(-n3c([C@@H](N)Cc4cc(F)cc(F)c4)nc4cc(C(C)(C)S(C)(=O)=O)ccc4c3=O)c21. The Morgan fingerprint density at radius 3 is 2.27 bits per heavy atom. The van der Waals surface area contributed by atoms with E-state index in [0.717, 1.165) is 30.7 Å². The lowest BCUT2D eigenvalue weighted by atomic mass is 10.00. The number of anilines is 1. The van der Waals surface area contributed by atoms with Gasteiger partial charge in [0.1, 0.15) is 17.5 Å². The molecule has 0 radical (unpaired) electrons. The second-order valence-corrected chi connectivity index (χ2v) is 16.1. The van der Waals surface area contributed by atoms with Gasteiger partial charge in [-0.3, -0.25) is 18.8 Å². The Bertz CT molecular complexity index is 2280. The van der Waals surface area contributed by atoms with E-state index in [2.05, 4.69) is 9.82 Å². The van der Waals surface area contributed by atoms with Gasteiger partial charge in [-0.1, -0.05) is 17.7 Å². The Labute approximate surface area is 262 Å². The highest BCUT2D eigenvalue weighted by Crippen LogP contribution is 2.36. The van der Waals surface area contributed by atoms with E-state index in [1.54, 1.807) is 0 Å². The summed E-state index contributed by atoms with van der Waals surface area (Å²) in [7, 11) is -5.82. The van der Waals surface area contributed by atoms with E-state index >= 15 is 0 Å². The van der Waals surface area contributed by atoms with E-state index in [1.807, 2.05) is 0 Å². The molecule has 0 saturated heterocycles. The van der Waals surface area contributed by atoms with E-state index < -0.39 is 47.8 Å². The summed E-state index contributed by atoms with van der Waals surface area (Å²) in [4.78, 5) is 19.0. The maximum absolute atomic E-state index is 14.3. The number of sulfone groups is 1. The van der Waals surface area contributed by atoms with Crippen LogP contribution in [0.4, 0.5) is 14.6 Å². The van der Waals surface area contributed by atoms with Crippen LogP contribution in [0.3, 0.4) is 0 Å². The van der Waals surface area contributed by atoms with Crippen LogP contribution < -0.4 is 16.0 Å². The van der Waals surface area contributed by atoms with Crippen molar-refractivity contribution in [3.63, 3.8) is 0 Å². The molecule has 0 amide bonds. The van der Waals surface area contributed by atoms with Crippen LogP contribution in [0.5, 0.6) is 0 Å². The zero-order chi connectivity index (χ0) is 33.2. The molecule has 3 N–H and O–H groups in total. The zero-order valence-electron chi connectivity index (χ0n) is 24.8. The molecule has 5 aromatic rings. The summed E-state index contributed by atoms with van der Waals surface area (Å²) in [6, 6.07) is 9.31. The molecule has 0 bridgehead atoms.